The zero-order chi connectivity index (χ0) is 20.1. The fourth-order valence-electron chi connectivity index (χ4n) is 3.13. The Morgan fingerprint density at radius 2 is 1.82 bits per heavy atom. The summed E-state index contributed by atoms with van der Waals surface area (Å²) in [5.74, 6) is -0.367. The summed E-state index contributed by atoms with van der Waals surface area (Å²) in [5.41, 5.74) is 0.828. The van der Waals surface area contributed by atoms with Gasteiger partial charge in [-0.05, 0) is 25.5 Å². The van der Waals surface area contributed by atoms with Crippen LogP contribution in [0.15, 0.2) is 24.4 Å². The number of carbonyl (C=O) groups is 3. The second-order valence-electron chi connectivity index (χ2n) is 6.47. The van der Waals surface area contributed by atoms with Gasteiger partial charge in [0.15, 0.2) is 5.69 Å². The molecule has 0 unspecified atom stereocenters. The predicted molar refractivity (Wildman–Crippen MR) is 102 cm³/mol. The van der Waals surface area contributed by atoms with Crippen molar-refractivity contribution in [2.24, 2.45) is 0 Å². The smallest absolute Gasteiger partial charge is 0.409 e. The van der Waals surface area contributed by atoms with Crippen LogP contribution in [-0.2, 0) is 4.74 Å². The number of aromatic nitrogens is 2. The lowest BCUT2D eigenvalue weighted by molar-refractivity contribution is 0.0568. The van der Waals surface area contributed by atoms with E-state index in [0.717, 1.165) is 6.42 Å². The minimum Gasteiger partial charge on any atom is -0.450 e. The SMILES string of the molecule is CCCNC(=O)c1nc(C(=O)N2CCN(C(=O)OCC)CC2)c2ccccn12. The molecule has 9 nitrogen and oxygen atoms in total. The largest absolute Gasteiger partial charge is 0.450 e. The van der Waals surface area contributed by atoms with E-state index in [9.17, 15) is 14.4 Å². The number of ether oxygens (including phenoxy) is 1. The third-order valence-corrected chi connectivity index (χ3v) is 4.58. The van der Waals surface area contributed by atoms with Crippen molar-refractivity contribution in [3.05, 3.63) is 35.9 Å². The zero-order valence-electron chi connectivity index (χ0n) is 16.2. The molecular weight excluding hydrogens is 362 g/mol. The molecule has 0 spiro atoms. The molecule has 0 aliphatic carbocycles. The monoisotopic (exact) mass is 387 g/mol. The molecule has 3 rings (SSSR count). The van der Waals surface area contributed by atoms with Crippen LogP contribution in [-0.4, -0.2) is 76.4 Å². The molecule has 1 saturated heterocycles. The van der Waals surface area contributed by atoms with Crippen LogP contribution in [0.1, 0.15) is 41.4 Å². The molecule has 150 valence electrons. The van der Waals surface area contributed by atoms with E-state index in [-0.39, 0.29) is 29.4 Å². The standard InChI is InChI=1S/C19H25N5O4/c1-3-8-20-17(25)16-21-15(14-7-5-6-9-24(14)16)18(26)22-10-12-23(13-11-22)19(27)28-4-2/h5-7,9H,3-4,8,10-13H2,1-2H3,(H,20,25). The van der Waals surface area contributed by atoms with Crippen molar-refractivity contribution in [3.63, 3.8) is 0 Å². The van der Waals surface area contributed by atoms with E-state index in [4.69, 9.17) is 4.74 Å². The van der Waals surface area contributed by atoms with Gasteiger partial charge in [0.05, 0.1) is 12.1 Å². The number of imidazole rings is 1. The highest BCUT2D eigenvalue weighted by Gasteiger charge is 2.29. The number of nitrogens with one attached hydrogen (secondary N) is 1. The molecule has 2 aromatic heterocycles. The second kappa shape index (κ2) is 8.73. The Morgan fingerprint density at radius 3 is 2.50 bits per heavy atom. The van der Waals surface area contributed by atoms with Crippen LogP contribution in [0.25, 0.3) is 5.52 Å². The van der Waals surface area contributed by atoms with Gasteiger partial charge in [-0.3, -0.25) is 14.0 Å². The Kier molecular flexibility index (Phi) is 6.13. The van der Waals surface area contributed by atoms with E-state index in [2.05, 4.69) is 10.3 Å². The van der Waals surface area contributed by atoms with Gasteiger partial charge in [0.25, 0.3) is 11.8 Å². The van der Waals surface area contributed by atoms with Gasteiger partial charge in [0.1, 0.15) is 0 Å². The summed E-state index contributed by atoms with van der Waals surface area (Å²) < 4.78 is 6.64. The second-order valence-corrected chi connectivity index (χ2v) is 6.47. The third-order valence-electron chi connectivity index (χ3n) is 4.58. The maximum atomic E-state index is 13.0. The number of piperazine rings is 1. The van der Waals surface area contributed by atoms with Gasteiger partial charge in [0.2, 0.25) is 5.82 Å². The third kappa shape index (κ3) is 3.92. The molecule has 3 amide bonds. The first-order valence-electron chi connectivity index (χ1n) is 9.53. The Balaban J connectivity index is 1.79. The van der Waals surface area contributed by atoms with E-state index >= 15 is 0 Å². The molecular formula is C19H25N5O4. The number of rotatable bonds is 5. The number of amides is 3. The summed E-state index contributed by atoms with van der Waals surface area (Å²) in [6, 6.07) is 5.36. The van der Waals surface area contributed by atoms with Crippen molar-refractivity contribution < 1.29 is 19.1 Å². The maximum Gasteiger partial charge on any atom is 0.409 e. The van der Waals surface area contributed by atoms with E-state index in [1.807, 2.05) is 6.92 Å². The van der Waals surface area contributed by atoms with Crippen LogP contribution >= 0.6 is 0 Å². The summed E-state index contributed by atoms with van der Waals surface area (Å²) >= 11 is 0. The molecule has 0 bridgehead atoms. The Bertz CT molecular complexity index is 870. The summed E-state index contributed by atoms with van der Waals surface area (Å²) in [7, 11) is 0. The normalized spacial score (nSPS) is 14.2. The first kappa shape index (κ1) is 19.7. The fraction of sp³-hybridized carbons (Fsp3) is 0.474. The lowest BCUT2D eigenvalue weighted by Crippen LogP contribution is -2.50. The highest BCUT2D eigenvalue weighted by atomic mass is 16.6. The summed E-state index contributed by atoms with van der Waals surface area (Å²) in [5, 5.41) is 2.80. The van der Waals surface area contributed by atoms with Crippen LogP contribution in [0.2, 0.25) is 0 Å². The van der Waals surface area contributed by atoms with Crippen LogP contribution in [0.4, 0.5) is 4.79 Å². The van der Waals surface area contributed by atoms with Gasteiger partial charge in [0, 0.05) is 38.9 Å². The van der Waals surface area contributed by atoms with E-state index in [1.165, 1.54) is 0 Å². The first-order valence-corrected chi connectivity index (χ1v) is 9.53. The summed E-state index contributed by atoms with van der Waals surface area (Å²) in [6.07, 6.45) is 2.17. The highest BCUT2D eigenvalue weighted by molar-refractivity contribution is 6.02. The predicted octanol–water partition coefficient (Wildman–Crippen LogP) is 1.39. The van der Waals surface area contributed by atoms with Crippen LogP contribution in [0.5, 0.6) is 0 Å². The molecule has 0 atom stereocenters. The topological polar surface area (TPSA) is 96.3 Å². The van der Waals surface area contributed by atoms with Gasteiger partial charge in [-0.25, -0.2) is 9.78 Å². The van der Waals surface area contributed by atoms with Crippen LogP contribution in [0.3, 0.4) is 0 Å². The minimum absolute atomic E-state index is 0.192. The van der Waals surface area contributed by atoms with Crippen molar-refractivity contribution in [1.29, 1.82) is 0 Å². The summed E-state index contributed by atoms with van der Waals surface area (Å²) in [6.45, 7) is 6.17. The Labute approximate surface area is 163 Å². The van der Waals surface area contributed by atoms with Crippen LogP contribution in [0, 0.1) is 0 Å². The number of hydrogen-bond acceptors (Lipinski definition) is 5. The van der Waals surface area contributed by atoms with Crippen molar-refractivity contribution in [1.82, 2.24) is 24.5 Å². The molecule has 0 aromatic carbocycles. The zero-order valence-corrected chi connectivity index (χ0v) is 16.2. The van der Waals surface area contributed by atoms with E-state index < -0.39 is 0 Å². The molecule has 0 radical (unpaired) electrons. The van der Waals surface area contributed by atoms with E-state index in [1.54, 1.807) is 45.5 Å². The number of hydrogen-bond donors (Lipinski definition) is 1. The quantitative estimate of drug-likeness (QED) is 0.836. The first-order chi connectivity index (χ1) is 13.6. The van der Waals surface area contributed by atoms with Gasteiger partial charge < -0.3 is 19.9 Å². The van der Waals surface area contributed by atoms with Crippen molar-refractivity contribution in [2.75, 3.05) is 39.3 Å². The van der Waals surface area contributed by atoms with Crippen molar-refractivity contribution >= 4 is 23.4 Å². The lowest BCUT2D eigenvalue weighted by atomic mass is 10.2. The minimum atomic E-state index is -0.364. The van der Waals surface area contributed by atoms with E-state index in [0.29, 0.717) is 44.8 Å². The average Bonchev–Trinajstić information content (AvgIpc) is 3.11. The molecule has 3 heterocycles. The van der Waals surface area contributed by atoms with Gasteiger partial charge in [-0.1, -0.05) is 13.0 Å². The number of fused-ring (bicyclic) bond motifs is 1. The molecule has 28 heavy (non-hydrogen) atoms. The molecule has 9 heteroatoms. The Hall–Kier alpha value is -3.10. The number of pyridine rings is 1. The molecule has 1 aliphatic heterocycles. The van der Waals surface area contributed by atoms with Crippen LogP contribution < -0.4 is 5.32 Å². The molecule has 1 fully saturated rings. The molecule has 1 aliphatic rings. The van der Waals surface area contributed by atoms with Gasteiger partial charge in [-0.2, -0.15) is 0 Å². The van der Waals surface area contributed by atoms with Gasteiger partial charge >= 0.3 is 6.09 Å². The van der Waals surface area contributed by atoms with Crippen molar-refractivity contribution in [2.45, 2.75) is 20.3 Å². The van der Waals surface area contributed by atoms with Crippen molar-refractivity contribution in [3.8, 4) is 0 Å². The lowest BCUT2D eigenvalue weighted by Gasteiger charge is -2.33. The average molecular weight is 387 g/mol. The molecule has 0 saturated carbocycles. The maximum absolute atomic E-state index is 13.0. The molecule has 2 aromatic rings. The highest BCUT2D eigenvalue weighted by Crippen LogP contribution is 2.17. The van der Waals surface area contributed by atoms with Gasteiger partial charge in [-0.15, -0.1) is 0 Å². The number of carbonyl (C=O) groups excluding carboxylic acids is 3. The Morgan fingerprint density at radius 1 is 1.11 bits per heavy atom. The number of nitrogens with zero attached hydrogens (tertiary/aromatic N) is 4. The summed E-state index contributed by atoms with van der Waals surface area (Å²) in [4.78, 5) is 44.9. The molecule has 1 N–H and O–H groups in total. The fourth-order valence-corrected chi connectivity index (χ4v) is 3.13.